The quantitative estimate of drug-likeness (QED) is 0.337. The minimum absolute atomic E-state index is 0.171. The van der Waals surface area contributed by atoms with Crippen LogP contribution >= 0.6 is 11.8 Å². The zero-order chi connectivity index (χ0) is 23.5. The van der Waals surface area contributed by atoms with E-state index in [9.17, 15) is 4.79 Å². The summed E-state index contributed by atoms with van der Waals surface area (Å²) in [4.78, 5) is 19.2. The largest absolute Gasteiger partial charge is 0.457 e. The Kier molecular flexibility index (Phi) is 6.14. The van der Waals surface area contributed by atoms with E-state index in [-0.39, 0.29) is 5.91 Å². The number of thioether (sulfide) groups is 1. The molecular weight excluding hydrogens is 448 g/mol. The van der Waals surface area contributed by atoms with E-state index in [1.165, 1.54) is 18.7 Å². The fourth-order valence-electron chi connectivity index (χ4n) is 3.82. The highest BCUT2D eigenvalue weighted by Gasteiger charge is 2.34. The van der Waals surface area contributed by atoms with Gasteiger partial charge in [0.25, 0.3) is 0 Å². The summed E-state index contributed by atoms with van der Waals surface area (Å²) in [6.07, 6.45) is -0.768. The van der Waals surface area contributed by atoms with E-state index in [1.54, 1.807) is 4.90 Å². The zero-order valence-corrected chi connectivity index (χ0v) is 19.5. The van der Waals surface area contributed by atoms with Crippen LogP contribution in [0.25, 0.3) is 11.3 Å². The van der Waals surface area contributed by atoms with Gasteiger partial charge in [-0.15, -0.1) is 10.2 Å². The first-order valence-corrected chi connectivity index (χ1v) is 11.9. The second kappa shape index (κ2) is 9.52. The smallest absolute Gasteiger partial charge is 0.247 e. The Morgan fingerprint density at radius 3 is 2.56 bits per heavy atom. The van der Waals surface area contributed by atoms with Crippen molar-refractivity contribution in [2.45, 2.75) is 25.2 Å². The molecule has 1 atom stereocenters. The summed E-state index contributed by atoms with van der Waals surface area (Å²) in [7, 11) is 0. The van der Waals surface area contributed by atoms with Crippen LogP contribution in [-0.2, 0) is 4.79 Å². The maximum atomic E-state index is 12.9. The Bertz CT molecular complexity index is 1330. The fraction of sp³-hybridized carbons (Fsp3) is 0.154. The van der Waals surface area contributed by atoms with Crippen molar-refractivity contribution in [1.29, 1.82) is 0 Å². The van der Waals surface area contributed by atoms with Crippen molar-refractivity contribution < 1.29 is 14.3 Å². The number of fused-ring (bicyclic) bond motifs is 3. The van der Waals surface area contributed by atoms with Crippen LogP contribution in [0.5, 0.6) is 17.4 Å². The molecule has 0 bridgehead atoms. The van der Waals surface area contributed by atoms with Gasteiger partial charge in [-0.05, 0) is 36.1 Å². The number of aromatic nitrogens is 3. The number of para-hydroxylation sites is 2. The van der Waals surface area contributed by atoms with Crippen molar-refractivity contribution in [1.82, 2.24) is 15.2 Å². The number of carbonyl (C=O) groups excluding carboxylic acids is 1. The highest BCUT2D eigenvalue weighted by atomic mass is 32.2. The molecule has 170 valence electrons. The number of amides is 1. The first kappa shape index (κ1) is 21.9. The van der Waals surface area contributed by atoms with E-state index in [0.717, 1.165) is 22.6 Å². The molecule has 8 heteroatoms. The number of nitrogens with zero attached hydrogens (tertiary/aromatic N) is 4. The number of hydrogen-bond acceptors (Lipinski definition) is 7. The van der Waals surface area contributed by atoms with Gasteiger partial charge in [0.05, 0.1) is 5.69 Å². The standard InChI is InChI=1S/C26H22N4O3S/c1-3-34-26-27-24-23(28-29-26)21-14-7-8-15-22(21)30(17(2)31)25(33-24)18-10-9-13-20(16-18)32-19-11-5-4-6-12-19/h4-16,25H,3H2,1-2H3. The molecule has 1 aliphatic heterocycles. The van der Waals surface area contributed by atoms with Gasteiger partial charge in [-0.1, -0.05) is 67.2 Å². The minimum atomic E-state index is -0.768. The molecule has 0 radical (unpaired) electrons. The summed E-state index contributed by atoms with van der Waals surface area (Å²) in [6, 6.07) is 24.6. The van der Waals surface area contributed by atoms with E-state index in [0.29, 0.717) is 28.2 Å². The van der Waals surface area contributed by atoms with Crippen LogP contribution in [0.2, 0.25) is 0 Å². The van der Waals surface area contributed by atoms with Gasteiger partial charge in [-0.25, -0.2) is 0 Å². The molecule has 0 saturated heterocycles. The third-order valence-electron chi connectivity index (χ3n) is 5.25. The molecule has 0 fully saturated rings. The minimum Gasteiger partial charge on any atom is -0.457 e. The molecule has 0 saturated carbocycles. The molecule has 1 aromatic heterocycles. The molecule has 7 nitrogen and oxygen atoms in total. The van der Waals surface area contributed by atoms with Crippen LogP contribution in [0.15, 0.2) is 84.0 Å². The van der Waals surface area contributed by atoms with Gasteiger partial charge in [-0.2, -0.15) is 4.98 Å². The van der Waals surface area contributed by atoms with Gasteiger partial charge in [0.2, 0.25) is 23.2 Å². The lowest BCUT2D eigenvalue weighted by Gasteiger charge is -2.30. The van der Waals surface area contributed by atoms with Crippen LogP contribution in [0.1, 0.15) is 25.6 Å². The highest BCUT2D eigenvalue weighted by Crippen LogP contribution is 2.43. The number of anilines is 1. The van der Waals surface area contributed by atoms with Gasteiger partial charge in [0, 0.05) is 18.1 Å². The van der Waals surface area contributed by atoms with E-state index in [4.69, 9.17) is 9.47 Å². The van der Waals surface area contributed by atoms with Crippen molar-refractivity contribution in [3.05, 3.63) is 84.4 Å². The Morgan fingerprint density at radius 1 is 1.00 bits per heavy atom. The van der Waals surface area contributed by atoms with E-state index < -0.39 is 6.23 Å². The maximum Gasteiger partial charge on any atom is 0.247 e. The molecule has 0 aliphatic carbocycles. The average Bonchev–Trinajstić information content (AvgIpc) is 2.99. The molecule has 0 N–H and O–H groups in total. The Morgan fingerprint density at radius 2 is 1.76 bits per heavy atom. The lowest BCUT2D eigenvalue weighted by Crippen LogP contribution is -2.36. The van der Waals surface area contributed by atoms with Gasteiger partial charge in [0.15, 0.2) is 5.69 Å². The molecule has 5 rings (SSSR count). The van der Waals surface area contributed by atoms with Crippen molar-refractivity contribution >= 4 is 23.4 Å². The third-order valence-corrected chi connectivity index (χ3v) is 5.97. The molecule has 1 amide bonds. The summed E-state index contributed by atoms with van der Waals surface area (Å²) in [5, 5.41) is 9.19. The van der Waals surface area contributed by atoms with Crippen LogP contribution < -0.4 is 14.4 Å². The molecule has 0 spiro atoms. The Labute approximate surface area is 201 Å². The lowest BCUT2D eigenvalue weighted by atomic mass is 10.1. The van der Waals surface area contributed by atoms with E-state index in [1.807, 2.05) is 85.8 Å². The monoisotopic (exact) mass is 470 g/mol. The maximum absolute atomic E-state index is 12.9. The normalized spacial score (nSPS) is 14.4. The summed E-state index contributed by atoms with van der Waals surface area (Å²) in [6.45, 7) is 3.54. The summed E-state index contributed by atoms with van der Waals surface area (Å²) in [5.41, 5.74) is 2.66. The molecule has 34 heavy (non-hydrogen) atoms. The predicted molar refractivity (Wildman–Crippen MR) is 131 cm³/mol. The fourth-order valence-corrected chi connectivity index (χ4v) is 4.32. The first-order chi connectivity index (χ1) is 16.6. The van der Waals surface area contributed by atoms with Crippen LogP contribution in [-0.4, -0.2) is 26.8 Å². The molecular formula is C26H22N4O3S. The van der Waals surface area contributed by atoms with Crippen LogP contribution in [0.4, 0.5) is 5.69 Å². The molecule has 1 unspecified atom stereocenters. The second-order valence-corrected chi connectivity index (χ2v) is 8.78. The third kappa shape index (κ3) is 4.32. The molecule has 3 aromatic carbocycles. The molecule has 1 aliphatic rings. The molecule has 4 aromatic rings. The number of carbonyl (C=O) groups is 1. The number of benzene rings is 3. The first-order valence-electron chi connectivity index (χ1n) is 10.9. The molecule has 2 heterocycles. The Hall–Kier alpha value is -3.91. The van der Waals surface area contributed by atoms with Gasteiger partial charge < -0.3 is 9.47 Å². The Balaban J connectivity index is 1.62. The number of rotatable bonds is 5. The van der Waals surface area contributed by atoms with Crippen LogP contribution in [0.3, 0.4) is 0 Å². The number of hydrogen-bond donors (Lipinski definition) is 0. The summed E-state index contributed by atoms with van der Waals surface area (Å²) in [5.74, 6) is 2.33. The van der Waals surface area contributed by atoms with Crippen LogP contribution in [0, 0.1) is 0 Å². The van der Waals surface area contributed by atoms with Crippen molar-refractivity contribution in [2.24, 2.45) is 0 Å². The topological polar surface area (TPSA) is 77.4 Å². The van der Waals surface area contributed by atoms with E-state index >= 15 is 0 Å². The van der Waals surface area contributed by atoms with Crippen molar-refractivity contribution in [3.63, 3.8) is 0 Å². The van der Waals surface area contributed by atoms with Gasteiger partial charge in [-0.3, -0.25) is 9.69 Å². The van der Waals surface area contributed by atoms with Crippen molar-refractivity contribution in [2.75, 3.05) is 10.7 Å². The van der Waals surface area contributed by atoms with E-state index in [2.05, 4.69) is 15.2 Å². The number of ether oxygens (including phenoxy) is 2. The average molecular weight is 471 g/mol. The summed E-state index contributed by atoms with van der Waals surface area (Å²) < 4.78 is 12.4. The zero-order valence-electron chi connectivity index (χ0n) is 18.7. The predicted octanol–water partition coefficient (Wildman–Crippen LogP) is 5.89. The van der Waals surface area contributed by atoms with Gasteiger partial charge in [0.1, 0.15) is 11.5 Å². The lowest BCUT2D eigenvalue weighted by molar-refractivity contribution is -0.118. The van der Waals surface area contributed by atoms with Crippen molar-refractivity contribution in [3.8, 4) is 28.6 Å². The SMILES string of the molecule is CCSc1nnc2c(n1)OC(c1cccc(Oc3ccccc3)c1)N(C(C)=O)c1ccccc1-2. The highest BCUT2D eigenvalue weighted by molar-refractivity contribution is 7.99. The van der Waals surface area contributed by atoms with Gasteiger partial charge >= 0.3 is 0 Å². The summed E-state index contributed by atoms with van der Waals surface area (Å²) >= 11 is 1.48. The second-order valence-electron chi connectivity index (χ2n) is 7.55.